The summed E-state index contributed by atoms with van der Waals surface area (Å²) in [6, 6.07) is 4.85. The van der Waals surface area contributed by atoms with Gasteiger partial charge in [0.05, 0.1) is 17.1 Å². The number of nitrogens with two attached hydrogens (primary N) is 1. The smallest absolute Gasteiger partial charge is 0.338 e. The molecule has 0 aliphatic carbocycles. The summed E-state index contributed by atoms with van der Waals surface area (Å²) in [4.78, 5) is 11.7. The van der Waals surface area contributed by atoms with Crippen LogP contribution in [0.25, 0.3) is 0 Å². The van der Waals surface area contributed by atoms with Crippen molar-refractivity contribution in [2.24, 2.45) is 0 Å². The van der Waals surface area contributed by atoms with Crippen molar-refractivity contribution in [2.45, 2.75) is 20.3 Å². The largest absolute Gasteiger partial charge is 0.461 e. The Hall–Kier alpha value is -1.56. The first-order chi connectivity index (χ1) is 8.85. The Kier molecular flexibility index (Phi) is 5.35. The highest BCUT2D eigenvalue weighted by atomic mass is 32.2. The summed E-state index contributed by atoms with van der Waals surface area (Å²) in [5.41, 5.74) is 7.41. The van der Waals surface area contributed by atoms with Crippen LogP contribution in [-0.2, 0) is 14.6 Å². The third-order valence-corrected chi connectivity index (χ3v) is 4.48. The summed E-state index contributed by atoms with van der Waals surface area (Å²) in [7, 11) is -3.13. The normalized spacial score (nSPS) is 11.3. The molecule has 0 aliphatic rings. The first kappa shape index (κ1) is 15.5. The van der Waals surface area contributed by atoms with Gasteiger partial charge in [0.15, 0.2) is 9.84 Å². The fraction of sp³-hybridized carbons (Fsp3) is 0.462. The van der Waals surface area contributed by atoms with Gasteiger partial charge in [-0.25, -0.2) is 13.2 Å². The summed E-state index contributed by atoms with van der Waals surface area (Å²) in [6.07, 6.45) is 0.560. The average Bonchev–Trinajstić information content (AvgIpc) is 2.32. The molecule has 0 heterocycles. The van der Waals surface area contributed by atoms with Crippen molar-refractivity contribution in [3.8, 4) is 0 Å². The number of sulfone groups is 1. The molecule has 0 atom stereocenters. The van der Waals surface area contributed by atoms with E-state index in [9.17, 15) is 13.2 Å². The van der Waals surface area contributed by atoms with E-state index in [-0.39, 0.29) is 18.1 Å². The quantitative estimate of drug-likeness (QED) is 0.633. The fourth-order valence-corrected chi connectivity index (χ4v) is 2.69. The molecule has 0 fully saturated rings. The van der Waals surface area contributed by atoms with Gasteiger partial charge in [-0.2, -0.15) is 0 Å². The Morgan fingerprint density at radius 1 is 1.32 bits per heavy atom. The Morgan fingerprint density at radius 2 is 2.00 bits per heavy atom. The Labute approximate surface area is 113 Å². The SMILES string of the molecule is CCCS(=O)(=O)CCOC(=O)c1ccc(C)c(N)c1. The van der Waals surface area contributed by atoms with Gasteiger partial charge in [-0.15, -0.1) is 0 Å². The summed E-state index contributed by atoms with van der Waals surface area (Å²) < 4.78 is 27.8. The second-order valence-electron chi connectivity index (χ2n) is 4.36. The highest BCUT2D eigenvalue weighted by Gasteiger charge is 2.12. The maximum atomic E-state index is 11.7. The van der Waals surface area contributed by atoms with Crippen molar-refractivity contribution < 1.29 is 17.9 Å². The molecule has 2 N–H and O–H groups in total. The van der Waals surface area contributed by atoms with Crippen molar-refractivity contribution in [2.75, 3.05) is 23.8 Å². The molecule has 0 aliphatic heterocycles. The van der Waals surface area contributed by atoms with Gasteiger partial charge >= 0.3 is 5.97 Å². The van der Waals surface area contributed by atoms with Crippen molar-refractivity contribution >= 4 is 21.5 Å². The number of rotatable bonds is 6. The minimum absolute atomic E-state index is 0.113. The van der Waals surface area contributed by atoms with Crippen LogP contribution in [0.4, 0.5) is 5.69 Å². The molecule has 1 aromatic carbocycles. The molecular weight excluding hydrogens is 266 g/mol. The molecule has 6 heteroatoms. The van der Waals surface area contributed by atoms with Gasteiger partial charge in [-0.3, -0.25) is 0 Å². The summed E-state index contributed by atoms with van der Waals surface area (Å²) >= 11 is 0. The van der Waals surface area contributed by atoms with Crippen LogP contribution < -0.4 is 5.73 Å². The number of benzene rings is 1. The zero-order valence-corrected chi connectivity index (χ0v) is 12.0. The van der Waals surface area contributed by atoms with Crippen LogP contribution in [0.2, 0.25) is 0 Å². The van der Waals surface area contributed by atoms with E-state index in [1.807, 2.05) is 6.92 Å². The minimum atomic E-state index is -3.13. The second kappa shape index (κ2) is 6.56. The van der Waals surface area contributed by atoms with Crippen LogP contribution >= 0.6 is 0 Å². The van der Waals surface area contributed by atoms with Gasteiger partial charge in [0.2, 0.25) is 0 Å². The van der Waals surface area contributed by atoms with Crippen LogP contribution in [-0.4, -0.2) is 32.5 Å². The zero-order chi connectivity index (χ0) is 14.5. The number of nitrogen functional groups attached to an aromatic ring is 1. The van der Waals surface area contributed by atoms with Crippen LogP contribution in [0, 0.1) is 6.92 Å². The van der Waals surface area contributed by atoms with E-state index in [2.05, 4.69) is 0 Å². The molecule has 19 heavy (non-hydrogen) atoms. The fourth-order valence-electron chi connectivity index (χ4n) is 1.53. The van der Waals surface area contributed by atoms with Crippen LogP contribution in [0.1, 0.15) is 29.3 Å². The summed E-state index contributed by atoms with van der Waals surface area (Å²) in [5, 5.41) is 0. The predicted octanol–water partition coefficient (Wildman–Crippen LogP) is 1.56. The first-order valence-corrected chi connectivity index (χ1v) is 7.91. The molecule has 1 rings (SSSR count). The molecule has 0 radical (unpaired) electrons. The maximum absolute atomic E-state index is 11.7. The highest BCUT2D eigenvalue weighted by Crippen LogP contribution is 2.13. The molecule has 106 valence electrons. The van der Waals surface area contributed by atoms with Crippen molar-refractivity contribution in [1.29, 1.82) is 0 Å². The number of hydrogen-bond acceptors (Lipinski definition) is 5. The lowest BCUT2D eigenvalue weighted by Gasteiger charge is -2.07. The second-order valence-corrected chi connectivity index (χ2v) is 6.66. The number of hydrogen-bond donors (Lipinski definition) is 1. The van der Waals surface area contributed by atoms with E-state index in [0.29, 0.717) is 17.7 Å². The number of anilines is 1. The van der Waals surface area contributed by atoms with Crippen molar-refractivity contribution in [3.05, 3.63) is 29.3 Å². The van der Waals surface area contributed by atoms with Crippen LogP contribution in [0.5, 0.6) is 0 Å². The molecule has 0 spiro atoms. The molecule has 0 amide bonds. The Morgan fingerprint density at radius 3 is 2.58 bits per heavy atom. The lowest BCUT2D eigenvalue weighted by Crippen LogP contribution is -2.17. The predicted molar refractivity (Wildman–Crippen MR) is 74.8 cm³/mol. The van der Waals surface area contributed by atoms with Gasteiger partial charge in [-0.05, 0) is 31.0 Å². The lowest BCUT2D eigenvalue weighted by molar-refractivity contribution is 0.0529. The van der Waals surface area contributed by atoms with E-state index < -0.39 is 15.8 Å². The highest BCUT2D eigenvalue weighted by molar-refractivity contribution is 7.91. The molecule has 0 aromatic heterocycles. The van der Waals surface area contributed by atoms with E-state index >= 15 is 0 Å². The minimum Gasteiger partial charge on any atom is -0.461 e. The third-order valence-electron chi connectivity index (χ3n) is 2.66. The monoisotopic (exact) mass is 285 g/mol. The Bertz CT molecular complexity index is 552. The van der Waals surface area contributed by atoms with E-state index in [4.69, 9.17) is 10.5 Å². The average molecular weight is 285 g/mol. The van der Waals surface area contributed by atoms with E-state index in [0.717, 1.165) is 5.56 Å². The summed E-state index contributed by atoms with van der Waals surface area (Å²) in [6.45, 7) is 3.50. The molecule has 5 nitrogen and oxygen atoms in total. The standard InChI is InChI=1S/C13H19NO4S/c1-3-7-19(16,17)8-6-18-13(15)11-5-4-10(2)12(14)9-11/h4-5,9H,3,6-8,14H2,1-2H3. The topological polar surface area (TPSA) is 86.5 Å². The van der Waals surface area contributed by atoms with Crippen LogP contribution in [0.3, 0.4) is 0 Å². The van der Waals surface area contributed by atoms with Crippen LogP contribution in [0.15, 0.2) is 18.2 Å². The van der Waals surface area contributed by atoms with Gasteiger partial charge in [0, 0.05) is 5.69 Å². The number of ether oxygens (including phenoxy) is 1. The molecule has 1 aromatic rings. The van der Waals surface area contributed by atoms with E-state index in [1.165, 1.54) is 6.07 Å². The molecule has 0 unspecified atom stereocenters. The first-order valence-electron chi connectivity index (χ1n) is 6.09. The molecule has 0 bridgehead atoms. The van der Waals surface area contributed by atoms with Gasteiger partial charge in [-0.1, -0.05) is 13.0 Å². The third kappa shape index (κ3) is 4.90. The van der Waals surface area contributed by atoms with Crippen molar-refractivity contribution in [3.63, 3.8) is 0 Å². The summed E-state index contributed by atoms with van der Waals surface area (Å²) in [5.74, 6) is -0.589. The van der Waals surface area contributed by atoms with E-state index in [1.54, 1.807) is 19.1 Å². The molecular formula is C13H19NO4S. The van der Waals surface area contributed by atoms with Gasteiger partial charge in [0.25, 0.3) is 0 Å². The van der Waals surface area contributed by atoms with Crippen molar-refractivity contribution in [1.82, 2.24) is 0 Å². The molecule has 0 saturated heterocycles. The number of carbonyl (C=O) groups is 1. The number of carbonyl (C=O) groups excluding carboxylic acids is 1. The molecule has 0 saturated carbocycles. The van der Waals surface area contributed by atoms with Gasteiger partial charge in [0.1, 0.15) is 6.61 Å². The maximum Gasteiger partial charge on any atom is 0.338 e. The number of esters is 1. The lowest BCUT2D eigenvalue weighted by atomic mass is 10.1. The Balaban J connectivity index is 2.54. The van der Waals surface area contributed by atoms with Gasteiger partial charge < -0.3 is 10.5 Å². The number of aryl methyl sites for hydroxylation is 1. The zero-order valence-electron chi connectivity index (χ0n) is 11.2.